The van der Waals surface area contributed by atoms with Crippen molar-refractivity contribution in [3.05, 3.63) is 18.2 Å². The number of H-pyrrole nitrogens is 1. The molecule has 4 atom stereocenters. The normalized spacial score (nSPS) is 13.6. The van der Waals surface area contributed by atoms with Crippen LogP contribution in [-0.2, 0) is 35.2 Å². The van der Waals surface area contributed by atoms with E-state index in [0.717, 1.165) is 0 Å². The highest BCUT2D eigenvalue weighted by Crippen LogP contribution is 2.06. The zero-order valence-corrected chi connectivity index (χ0v) is 21.7. The predicted octanol–water partition coefficient (Wildman–Crippen LogP) is -4.00. The molecule has 0 aliphatic carbocycles. The molecule has 1 aromatic heterocycles. The molecule has 0 spiro atoms. The molecule has 4 unspecified atom stereocenters. The molecule has 0 aliphatic rings. The molecular weight excluding hydrogens is 532 g/mol. The number of aromatic amines is 1. The van der Waals surface area contributed by atoms with E-state index in [1.54, 1.807) is 0 Å². The molecule has 14 N–H and O–H groups in total. The van der Waals surface area contributed by atoms with Crippen molar-refractivity contribution >= 4 is 41.5 Å². The fourth-order valence-electron chi connectivity index (χ4n) is 3.38. The monoisotopic (exact) mass is 568 g/mol. The lowest BCUT2D eigenvalue weighted by molar-refractivity contribution is -0.143. The average Bonchev–Trinajstić information content (AvgIpc) is 3.38. The predicted molar refractivity (Wildman–Crippen MR) is 139 cm³/mol. The number of nitrogens with one attached hydrogen (secondary N) is 4. The first-order chi connectivity index (χ1) is 18.8. The molecule has 18 heteroatoms. The van der Waals surface area contributed by atoms with Crippen LogP contribution in [0.25, 0.3) is 0 Å². The summed E-state index contributed by atoms with van der Waals surface area (Å²) in [6.45, 7) is 0.238. The van der Waals surface area contributed by atoms with E-state index in [9.17, 15) is 33.9 Å². The molecule has 0 radical (unpaired) electrons. The van der Waals surface area contributed by atoms with E-state index < -0.39 is 72.6 Å². The minimum Gasteiger partial charge on any atom is -0.481 e. The second kappa shape index (κ2) is 17.0. The van der Waals surface area contributed by atoms with Gasteiger partial charge >= 0.3 is 11.9 Å². The van der Waals surface area contributed by atoms with E-state index in [0.29, 0.717) is 12.1 Å². The van der Waals surface area contributed by atoms with Crippen LogP contribution in [0.3, 0.4) is 0 Å². The number of carbonyl (C=O) groups excluding carboxylic acids is 4. The third-order valence-corrected chi connectivity index (χ3v) is 5.49. The summed E-state index contributed by atoms with van der Waals surface area (Å²) in [7, 11) is 0. The Hall–Kier alpha value is -4.74. The van der Waals surface area contributed by atoms with Crippen LogP contribution in [0.15, 0.2) is 17.5 Å². The number of carboxylic acids is 2. The minimum absolute atomic E-state index is 0.0845. The highest BCUT2D eigenvalue weighted by atomic mass is 16.4. The Morgan fingerprint density at radius 2 is 1.48 bits per heavy atom. The fraction of sp³-hybridized carbons (Fsp3) is 0.545. The maximum absolute atomic E-state index is 13.2. The minimum atomic E-state index is -1.57. The number of aliphatic carboxylic acids is 2. The molecule has 40 heavy (non-hydrogen) atoms. The van der Waals surface area contributed by atoms with Gasteiger partial charge in [0.25, 0.3) is 0 Å². The highest BCUT2D eigenvalue weighted by Gasteiger charge is 2.31. The van der Waals surface area contributed by atoms with Crippen molar-refractivity contribution in [2.75, 3.05) is 6.54 Å². The Kier molecular flexibility index (Phi) is 14.1. The van der Waals surface area contributed by atoms with E-state index in [1.807, 2.05) is 0 Å². The van der Waals surface area contributed by atoms with Crippen LogP contribution in [0, 0.1) is 0 Å². The van der Waals surface area contributed by atoms with Gasteiger partial charge in [-0.15, -0.1) is 0 Å². The van der Waals surface area contributed by atoms with Crippen molar-refractivity contribution in [3.63, 3.8) is 0 Å². The summed E-state index contributed by atoms with van der Waals surface area (Å²) in [5.41, 5.74) is 22.1. The van der Waals surface area contributed by atoms with Crippen LogP contribution in [0.1, 0.15) is 44.2 Å². The molecule has 0 aromatic carbocycles. The summed E-state index contributed by atoms with van der Waals surface area (Å²) in [6, 6.07) is -5.30. The summed E-state index contributed by atoms with van der Waals surface area (Å²) < 4.78 is 0. The second-order valence-corrected chi connectivity index (χ2v) is 8.80. The lowest BCUT2D eigenvalue weighted by atomic mass is 10.1. The van der Waals surface area contributed by atoms with Gasteiger partial charge in [-0.1, -0.05) is 0 Å². The van der Waals surface area contributed by atoms with Gasteiger partial charge in [-0.25, -0.2) is 9.78 Å². The molecule has 1 aromatic rings. The first kappa shape index (κ1) is 33.3. The number of hydrogen-bond acceptors (Lipinski definition) is 9. The Morgan fingerprint density at radius 3 is 2.02 bits per heavy atom. The number of primary amides is 1. The van der Waals surface area contributed by atoms with Crippen molar-refractivity contribution in [3.8, 4) is 0 Å². The fourth-order valence-corrected chi connectivity index (χ4v) is 3.38. The van der Waals surface area contributed by atoms with Crippen LogP contribution < -0.4 is 38.9 Å². The number of rotatable bonds is 19. The molecule has 0 saturated heterocycles. The Bertz CT molecular complexity index is 1060. The third kappa shape index (κ3) is 13.2. The zero-order valence-electron chi connectivity index (χ0n) is 21.7. The smallest absolute Gasteiger partial charge is 0.326 e. The van der Waals surface area contributed by atoms with Crippen molar-refractivity contribution in [1.29, 1.82) is 0 Å². The molecule has 222 valence electrons. The molecular formula is C22H36N10O8. The van der Waals surface area contributed by atoms with Gasteiger partial charge in [0.1, 0.15) is 18.1 Å². The van der Waals surface area contributed by atoms with E-state index in [2.05, 4.69) is 30.9 Å². The number of aliphatic imine (C=N–C) groups is 1. The van der Waals surface area contributed by atoms with Gasteiger partial charge in [-0.3, -0.25) is 29.0 Å². The lowest BCUT2D eigenvalue weighted by Crippen LogP contribution is -2.57. The lowest BCUT2D eigenvalue weighted by Gasteiger charge is -2.25. The Labute approximate surface area is 228 Å². The maximum Gasteiger partial charge on any atom is 0.326 e. The van der Waals surface area contributed by atoms with E-state index >= 15 is 0 Å². The first-order valence-electron chi connectivity index (χ1n) is 12.2. The molecule has 0 saturated carbocycles. The number of carboxylic acid groups (broad SMARTS) is 2. The Balaban J connectivity index is 3.03. The summed E-state index contributed by atoms with van der Waals surface area (Å²) >= 11 is 0. The molecule has 0 fully saturated rings. The SMILES string of the molecule is NC(=O)CCC(NC(=O)C(Cc1cnc[nH]1)NC(=O)C(N)CCCN=C(N)N)C(=O)NC(CCC(=O)O)C(=O)O. The van der Waals surface area contributed by atoms with Crippen LogP contribution in [0.4, 0.5) is 0 Å². The van der Waals surface area contributed by atoms with Crippen LogP contribution in [0.5, 0.6) is 0 Å². The van der Waals surface area contributed by atoms with Crippen LogP contribution in [0.2, 0.25) is 0 Å². The third-order valence-electron chi connectivity index (χ3n) is 5.49. The number of hydrogen-bond donors (Lipinski definition) is 10. The van der Waals surface area contributed by atoms with E-state index in [4.69, 9.17) is 28.0 Å². The number of aromatic nitrogens is 2. The second-order valence-electron chi connectivity index (χ2n) is 8.80. The maximum atomic E-state index is 13.2. The molecule has 1 rings (SSSR count). The number of amides is 4. The quantitative estimate of drug-likeness (QED) is 0.0433. The topological polar surface area (TPSA) is 324 Å². The van der Waals surface area contributed by atoms with Crippen LogP contribution >= 0.6 is 0 Å². The summed E-state index contributed by atoms with van der Waals surface area (Å²) in [5, 5.41) is 25.3. The zero-order chi connectivity index (χ0) is 30.2. The van der Waals surface area contributed by atoms with Gasteiger partial charge in [0, 0.05) is 37.7 Å². The molecule has 0 aliphatic heterocycles. The largest absolute Gasteiger partial charge is 0.481 e. The number of nitrogens with zero attached hydrogens (tertiary/aromatic N) is 2. The van der Waals surface area contributed by atoms with E-state index in [-0.39, 0.29) is 38.2 Å². The van der Waals surface area contributed by atoms with Crippen molar-refractivity contribution in [2.24, 2.45) is 27.9 Å². The van der Waals surface area contributed by atoms with Crippen molar-refractivity contribution in [2.45, 2.75) is 69.1 Å². The van der Waals surface area contributed by atoms with Crippen molar-refractivity contribution < 1.29 is 39.0 Å². The highest BCUT2D eigenvalue weighted by molar-refractivity contribution is 5.94. The van der Waals surface area contributed by atoms with Crippen LogP contribution in [-0.4, -0.2) is 92.4 Å². The Morgan fingerprint density at radius 1 is 0.875 bits per heavy atom. The van der Waals surface area contributed by atoms with Gasteiger partial charge in [0.05, 0.1) is 12.4 Å². The van der Waals surface area contributed by atoms with Gasteiger partial charge in [-0.2, -0.15) is 0 Å². The molecule has 18 nitrogen and oxygen atoms in total. The van der Waals surface area contributed by atoms with Gasteiger partial charge in [0.15, 0.2) is 5.96 Å². The standard InChI is InChI=1S/C22H36N10O8/c23-12(2-1-7-28-22(25)26)18(36)32-15(8-11-9-27-10-29-11)20(38)30-13(3-5-16(24)33)19(37)31-14(21(39)40)4-6-17(34)35/h9-10,12-15H,1-8,23H2,(H2,24,33)(H,27,29)(H,30,38)(H,31,37)(H,32,36)(H,34,35)(H,39,40)(H4,25,26,28). The molecule has 0 bridgehead atoms. The number of nitrogens with two attached hydrogens (primary N) is 4. The number of guanidine groups is 1. The van der Waals surface area contributed by atoms with Gasteiger partial charge in [-0.05, 0) is 25.7 Å². The summed E-state index contributed by atoms with van der Waals surface area (Å²) in [5.74, 6) is -6.18. The first-order valence-corrected chi connectivity index (χ1v) is 12.2. The molecule has 4 amide bonds. The number of imidazole rings is 1. The van der Waals surface area contributed by atoms with Gasteiger partial charge < -0.3 is 54.1 Å². The van der Waals surface area contributed by atoms with Gasteiger partial charge in [0.2, 0.25) is 23.6 Å². The van der Waals surface area contributed by atoms with E-state index in [1.165, 1.54) is 12.5 Å². The summed E-state index contributed by atoms with van der Waals surface area (Å²) in [4.78, 5) is 82.9. The summed E-state index contributed by atoms with van der Waals surface area (Å²) in [6.07, 6.45) is 1.65. The van der Waals surface area contributed by atoms with Crippen molar-refractivity contribution in [1.82, 2.24) is 25.9 Å². The molecule has 1 heterocycles. The number of carbonyl (C=O) groups is 6. The average molecular weight is 569 g/mol.